The molecule has 2 N–H and O–H groups in total. The lowest BCUT2D eigenvalue weighted by molar-refractivity contribution is -0.0766. The van der Waals surface area contributed by atoms with Gasteiger partial charge in [0.1, 0.15) is 35.4 Å². The second-order valence-corrected chi connectivity index (χ2v) is 8.31. The summed E-state index contributed by atoms with van der Waals surface area (Å²) in [6.07, 6.45) is -1.97. The van der Waals surface area contributed by atoms with Crippen molar-refractivity contribution in [3.63, 3.8) is 0 Å². The van der Waals surface area contributed by atoms with Crippen LogP contribution in [0.1, 0.15) is 16.7 Å². The Morgan fingerprint density at radius 3 is 1.89 bits per heavy atom. The fourth-order valence-corrected chi connectivity index (χ4v) is 4.43. The van der Waals surface area contributed by atoms with Gasteiger partial charge in [0.15, 0.2) is 0 Å². The minimum Gasteiger partial charge on any atom is -0.497 e. The van der Waals surface area contributed by atoms with Gasteiger partial charge in [0, 0.05) is 0 Å². The molecule has 1 fully saturated rings. The summed E-state index contributed by atoms with van der Waals surface area (Å²) in [5.41, 5.74) is 1.73. The predicted octanol–water partition coefficient (Wildman–Crippen LogP) is 3.15. The summed E-state index contributed by atoms with van der Waals surface area (Å²) in [6.45, 7) is 0.381. The van der Waals surface area contributed by atoms with Gasteiger partial charge < -0.3 is 33.9 Å². The standard InChI is InChI=1S/C28H32O7/c1-31-23-12-8-21(9-13-23)28(20-6-4-3-5-7-20,22-10-14-24(32-2)15-11-22)35-19-26-27(30)25(18-34-26)33-17-16-29/h3-15,25-27,29-30H,16-19H2,1-2H3/t25-,26+,27-/m0/s1. The van der Waals surface area contributed by atoms with Crippen LogP contribution in [0.2, 0.25) is 0 Å². The lowest BCUT2D eigenvalue weighted by atomic mass is 9.80. The van der Waals surface area contributed by atoms with Crippen LogP contribution in [0.3, 0.4) is 0 Å². The smallest absolute Gasteiger partial charge is 0.143 e. The quantitative estimate of drug-likeness (QED) is 0.408. The van der Waals surface area contributed by atoms with Crippen LogP contribution >= 0.6 is 0 Å². The number of methoxy groups -OCH3 is 2. The van der Waals surface area contributed by atoms with Crippen molar-refractivity contribution in [1.29, 1.82) is 0 Å². The lowest BCUT2D eigenvalue weighted by Gasteiger charge is -2.37. The number of ether oxygens (including phenoxy) is 5. The van der Waals surface area contributed by atoms with E-state index in [1.165, 1.54) is 0 Å². The second-order valence-electron chi connectivity index (χ2n) is 8.31. The minimum atomic E-state index is -0.993. The molecule has 0 saturated carbocycles. The van der Waals surface area contributed by atoms with Gasteiger partial charge in [-0.15, -0.1) is 0 Å². The maximum Gasteiger partial charge on any atom is 0.143 e. The third-order valence-electron chi connectivity index (χ3n) is 6.30. The van der Waals surface area contributed by atoms with E-state index in [-0.39, 0.29) is 26.4 Å². The Bertz CT molecular complexity index is 990. The summed E-state index contributed by atoms with van der Waals surface area (Å²) in [6, 6.07) is 25.5. The first-order chi connectivity index (χ1) is 17.1. The molecule has 1 aliphatic heterocycles. The lowest BCUT2D eigenvalue weighted by Crippen LogP contribution is -2.40. The number of hydrogen-bond acceptors (Lipinski definition) is 7. The van der Waals surface area contributed by atoms with Crippen LogP contribution in [-0.2, 0) is 19.8 Å². The van der Waals surface area contributed by atoms with Gasteiger partial charge in [-0.1, -0.05) is 54.6 Å². The van der Waals surface area contributed by atoms with Crippen LogP contribution < -0.4 is 9.47 Å². The van der Waals surface area contributed by atoms with Crippen molar-refractivity contribution < 1.29 is 33.9 Å². The zero-order chi connectivity index (χ0) is 24.7. The number of rotatable bonds is 11. The Hall–Kier alpha value is -2.94. The van der Waals surface area contributed by atoms with Crippen LogP contribution in [0, 0.1) is 0 Å². The van der Waals surface area contributed by atoms with Crippen molar-refractivity contribution in [3.05, 3.63) is 95.6 Å². The minimum absolute atomic E-state index is 0.115. The average Bonchev–Trinajstić information content (AvgIpc) is 3.28. The molecule has 0 unspecified atom stereocenters. The van der Waals surface area contributed by atoms with Gasteiger partial charge >= 0.3 is 0 Å². The van der Waals surface area contributed by atoms with Crippen LogP contribution in [0.15, 0.2) is 78.9 Å². The molecule has 3 aromatic rings. The van der Waals surface area contributed by atoms with Gasteiger partial charge in [-0.25, -0.2) is 0 Å². The molecule has 3 aromatic carbocycles. The summed E-state index contributed by atoms with van der Waals surface area (Å²) in [7, 11) is 3.26. The van der Waals surface area contributed by atoms with Gasteiger partial charge in [0.25, 0.3) is 0 Å². The fraction of sp³-hybridized carbons (Fsp3) is 0.357. The van der Waals surface area contributed by atoms with E-state index in [4.69, 9.17) is 28.8 Å². The first kappa shape index (κ1) is 25.2. The molecule has 0 spiro atoms. The molecule has 7 heteroatoms. The highest BCUT2D eigenvalue weighted by Crippen LogP contribution is 2.42. The van der Waals surface area contributed by atoms with Gasteiger partial charge in [-0.2, -0.15) is 0 Å². The third-order valence-corrected chi connectivity index (χ3v) is 6.30. The highest BCUT2D eigenvalue weighted by Gasteiger charge is 2.42. The Kier molecular flexibility index (Phi) is 8.38. The Balaban J connectivity index is 1.75. The maximum atomic E-state index is 10.8. The summed E-state index contributed by atoms with van der Waals surface area (Å²) in [5.74, 6) is 1.48. The monoisotopic (exact) mass is 480 g/mol. The highest BCUT2D eigenvalue weighted by atomic mass is 16.6. The van der Waals surface area contributed by atoms with Crippen molar-refractivity contribution in [2.75, 3.05) is 40.6 Å². The SMILES string of the molecule is COc1ccc(C(OC[C@H]2OC[C@H](OCCO)[C@@H]2O)(c2ccccc2)c2ccc(OC)cc2)cc1. The molecule has 3 atom stereocenters. The van der Waals surface area contributed by atoms with E-state index in [0.29, 0.717) is 0 Å². The number of benzene rings is 3. The topological polar surface area (TPSA) is 86.6 Å². The second kappa shape index (κ2) is 11.7. The highest BCUT2D eigenvalue weighted by molar-refractivity contribution is 5.49. The molecule has 1 heterocycles. The summed E-state index contributed by atoms with van der Waals surface area (Å²) >= 11 is 0. The van der Waals surface area contributed by atoms with E-state index in [2.05, 4.69) is 0 Å². The predicted molar refractivity (Wildman–Crippen MR) is 131 cm³/mol. The zero-order valence-corrected chi connectivity index (χ0v) is 20.0. The molecule has 0 aromatic heterocycles. The Labute approximate surface area is 205 Å². The number of aliphatic hydroxyl groups excluding tert-OH is 2. The molecular weight excluding hydrogens is 448 g/mol. The van der Waals surface area contributed by atoms with E-state index in [9.17, 15) is 5.11 Å². The molecule has 0 bridgehead atoms. The maximum absolute atomic E-state index is 10.8. The van der Waals surface area contributed by atoms with Crippen molar-refractivity contribution in [3.8, 4) is 11.5 Å². The normalized spacial score (nSPS) is 20.1. The summed E-state index contributed by atoms with van der Waals surface area (Å²) in [5, 5.41) is 19.8. The molecule has 1 aliphatic rings. The third kappa shape index (κ3) is 5.34. The van der Waals surface area contributed by atoms with E-state index in [1.54, 1.807) is 14.2 Å². The zero-order valence-electron chi connectivity index (χ0n) is 20.0. The fourth-order valence-electron chi connectivity index (χ4n) is 4.43. The summed E-state index contributed by atoms with van der Waals surface area (Å²) < 4.78 is 28.9. The molecule has 0 radical (unpaired) electrons. The molecular formula is C28H32O7. The van der Waals surface area contributed by atoms with Crippen molar-refractivity contribution in [2.24, 2.45) is 0 Å². The molecule has 7 nitrogen and oxygen atoms in total. The molecule has 186 valence electrons. The van der Waals surface area contributed by atoms with Crippen LogP contribution in [0.5, 0.6) is 11.5 Å². The van der Waals surface area contributed by atoms with Crippen molar-refractivity contribution in [1.82, 2.24) is 0 Å². The first-order valence-electron chi connectivity index (χ1n) is 11.6. The van der Waals surface area contributed by atoms with Crippen LogP contribution in [-0.4, -0.2) is 69.2 Å². The van der Waals surface area contributed by atoms with Gasteiger partial charge in [-0.3, -0.25) is 0 Å². The largest absolute Gasteiger partial charge is 0.497 e. The average molecular weight is 481 g/mol. The van der Waals surface area contributed by atoms with Crippen LogP contribution in [0.25, 0.3) is 0 Å². The Morgan fingerprint density at radius 1 is 0.829 bits per heavy atom. The Morgan fingerprint density at radius 2 is 1.37 bits per heavy atom. The number of hydrogen-bond donors (Lipinski definition) is 2. The van der Waals surface area contributed by atoms with Gasteiger partial charge in [0.05, 0.1) is 40.6 Å². The molecule has 0 amide bonds. The van der Waals surface area contributed by atoms with E-state index in [1.807, 2.05) is 78.9 Å². The van der Waals surface area contributed by atoms with Gasteiger partial charge in [0.2, 0.25) is 0 Å². The van der Waals surface area contributed by atoms with Gasteiger partial charge in [-0.05, 0) is 41.0 Å². The molecule has 4 rings (SSSR count). The molecule has 1 saturated heterocycles. The van der Waals surface area contributed by atoms with E-state index >= 15 is 0 Å². The first-order valence-corrected chi connectivity index (χ1v) is 11.6. The van der Waals surface area contributed by atoms with Crippen molar-refractivity contribution >= 4 is 0 Å². The molecule has 35 heavy (non-hydrogen) atoms. The van der Waals surface area contributed by atoms with E-state index in [0.717, 1.165) is 28.2 Å². The number of aliphatic hydroxyl groups is 2. The van der Waals surface area contributed by atoms with Crippen molar-refractivity contribution in [2.45, 2.75) is 23.9 Å². The van der Waals surface area contributed by atoms with E-state index < -0.39 is 23.9 Å². The summed E-state index contributed by atoms with van der Waals surface area (Å²) in [4.78, 5) is 0. The molecule has 0 aliphatic carbocycles. The van der Waals surface area contributed by atoms with Crippen LogP contribution in [0.4, 0.5) is 0 Å².